The summed E-state index contributed by atoms with van der Waals surface area (Å²) in [5, 5.41) is 8.80. The molecule has 1 aliphatic heterocycles. The summed E-state index contributed by atoms with van der Waals surface area (Å²) in [6.45, 7) is 3.71. The number of hydrogen-bond donors (Lipinski definition) is 1. The first-order valence-electron chi connectivity index (χ1n) is 7.38. The van der Waals surface area contributed by atoms with E-state index >= 15 is 0 Å². The molecule has 0 spiro atoms. The van der Waals surface area contributed by atoms with Crippen molar-refractivity contribution in [2.75, 3.05) is 6.54 Å². The van der Waals surface area contributed by atoms with Crippen molar-refractivity contribution in [3.05, 3.63) is 71.4 Å². The van der Waals surface area contributed by atoms with E-state index in [2.05, 4.69) is 6.58 Å². The van der Waals surface area contributed by atoms with E-state index in [0.29, 0.717) is 16.3 Å². The zero-order valence-electron chi connectivity index (χ0n) is 13.1. The van der Waals surface area contributed by atoms with Crippen molar-refractivity contribution in [1.29, 1.82) is 0 Å². The molecule has 1 N–H and O–H groups in total. The van der Waals surface area contributed by atoms with Crippen LogP contribution < -0.4 is 0 Å². The number of thioether (sulfide) groups is 1. The molecule has 2 amide bonds. The highest BCUT2D eigenvalue weighted by molar-refractivity contribution is 8.18. The van der Waals surface area contributed by atoms with Crippen LogP contribution >= 0.6 is 11.8 Å². The summed E-state index contributed by atoms with van der Waals surface area (Å²) < 4.78 is 1.76. The third-order valence-corrected chi connectivity index (χ3v) is 4.52. The van der Waals surface area contributed by atoms with Crippen LogP contribution in [0.2, 0.25) is 0 Å². The number of nitrogens with zero attached hydrogens (tertiary/aromatic N) is 2. The van der Waals surface area contributed by atoms with Gasteiger partial charge in [0.2, 0.25) is 0 Å². The quantitative estimate of drug-likeness (QED) is 0.657. The topological polar surface area (TPSA) is 79.6 Å². The number of carboxylic acid groups (broad SMARTS) is 1. The fourth-order valence-electron chi connectivity index (χ4n) is 2.46. The Hall–Kier alpha value is -3.06. The van der Waals surface area contributed by atoms with E-state index in [-0.39, 0.29) is 23.3 Å². The zero-order valence-corrected chi connectivity index (χ0v) is 13.9. The Morgan fingerprint density at radius 1 is 1.24 bits per heavy atom. The van der Waals surface area contributed by atoms with Crippen molar-refractivity contribution in [3.63, 3.8) is 0 Å². The Labute approximate surface area is 148 Å². The third-order valence-electron chi connectivity index (χ3n) is 3.62. The molecule has 3 rings (SSSR count). The molecule has 126 valence electrons. The van der Waals surface area contributed by atoms with Crippen molar-refractivity contribution in [3.8, 4) is 5.69 Å². The molecule has 0 saturated carbocycles. The highest BCUT2D eigenvalue weighted by Crippen LogP contribution is 2.32. The van der Waals surface area contributed by atoms with Crippen LogP contribution in [-0.2, 0) is 4.79 Å². The van der Waals surface area contributed by atoms with Gasteiger partial charge in [-0.1, -0.05) is 12.1 Å². The zero-order chi connectivity index (χ0) is 18.0. The number of aromatic nitrogens is 1. The number of imide groups is 1. The highest BCUT2D eigenvalue weighted by atomic mass is 32.2. The van der Waals surface area contributed by atoms with Crippen molar-refractivity contribution in [1.82, 2.24) is 9.47 Å². The Morgan fingerprint density at radius 2 is 2.04 bits per heavy atom. The molecule has 1 aromatic heterocycles. The maximum atomic E-state index is 12.3. The minimum Gasteiger partial charge on any atom is -0.478 e. The Balaban J connectivity index is 1.97. The lowest BCUT2D eigenvalue weighted by Gasteiger charge is -2.09. The van der Waals surface area contributed by atoms with E-state index in [9.17, 15) is 14.4 Å². The summed E-state index contributed by atoms with van der Waals surface area (Å²) in [5.74, 6) is -1.37. The van der Waals surface area contributed by atoms with E-state index < -0.39 is 5.97 Å². The fraction of sp³-hybridized carbons (Fsp3) is 0.0556. The summed E-state index contributed by atoms with van der Waals surface area (Å²) >= 11 is 0.875. The van der Waals surface area contributed by atoms with Gasteiger partial charge >= 0.3 is 5.97 Å². The molecule has 2 aromatic rings. The van der Waals surface area contributed by atoms with Crippen molar-refractivity contribution in [2.24, 2.45) is 0 Å². The van der Waals surface area contributed by atoms with Crippen LogP contribution in [-0.4, -0.2) is 38.2 Å². The van der Waals surface area contributed by atoms with Crippen molar-refractivity contribution < 1.29 is 19.5 Å². The minimum absolute atomic E-state index is 0.170. The molecule has 1 aliphatic rings. The number of rotatable bonds is 5. The molecular formula is C18H14N2O4S. The minimum atomic E-state index is -1.01. The second kappa shape index (κ2) is 6.82. The Bertz CT molecular complexity index is 913. The monoisotopic (exact) mass is 354 g/mol. The van der Waals surface area contributed by atoms with Gasteiger partial charge in [-0.05, 0) is 48.2 Å². The number of hydrogen-bond acceptors (Lipinski definition) is 4. The first kappa shape index (κ1) is 16.8. The summed E-state index contributed by atoms with van der Waals surface area (Å²) in [6.07, 6.45) is 4.89. The van der Waals surface area contributed by atoms with Gasteiger partial charge in [-0.25, -0.2) is 4.79 Å². The van der Waals surface area contributed by atoms with E-state index in [4.69, 9.17) is 5.11 Å². The van der Waals surface area contributed by atoms with Gasteiger partial charge in [0.1, 0.15) is 0 Å². The van der Waals surface area contributed by atoms with Crippen molar-refractivity contribution in [2.45, 2.75) is 0 Å². The molecule has 6 nitrogen and oxygen atoms in total. The van der Waals surface area contributed by atoms with Crippen LogP contribution in [0.1, 0.15) is 16.1 Å². The number of carboxylic acids is 1. The predicted molar refractivity (Wildman–Crippen MR) is 95.6 cm³/mol. The Morgan fingerprint density at radius 3 is 2.76 bits per heavy atom. The molecule has 7 heteroatoms. The van der Waals surface area contributed by atoms with Gasteiger partial charge in [0.15, 0.2) is 0 Å². The number of aromatic carboxylic acids is 1. The van der Waals surface area contributed by atoms with Gasteiger partial charge in [0, 0.05) is 24.1 Å². The maximum absolute atomic E-state index is 12.3. The molecule has 0 radical (unpaired) electrons. The maximum Gasteiger partial charge on any atom is 0.335 e. The summed E-state index contributed by atoms with van der Waals surface area (Å²) in [6, 6.07) is 10.1. The molecule has 0 bridgehead atoms. The average molecular weight is 354 g/mol. The molecule has 0 unspecified atom stereocenters. The van der Waals surface area contributed by atoms with E-state index in [0.717, 1.165) is 16.7 Å². The van der Waals surface area contributed by atoms with Crippen molar-refractivity contribution >= 4 is 35.0 Å². The van der Waals surface area contributed by atoms with Gasteiger partial charge in [-0.3, -0.25) is 14.5 Å². The predicted octanol–water partition coefficient (Wildman–Crippen LogP) is 3.40. The number of carbonyl (C=O) groups excluding carboxylic acids is 2. The first-order chi connectivity index (χ1) is 12.0. The largest absolute Gasteiger partial charge is 0.478 e. The van der Waals surface area contributed by atoms with E-state index in [1.54, 1.807) is 47.2 Å². The summed E-state index contributed by atoms with van der Waals surface area (Å²) in [7, 11) is 0. The van der Waals surface area contributed by atoms with Gasteiger partial charge in [0.05, 0.1) is 10.5 Å². The Kier molecular flexibility index (Phi) is 4.58. The average Bonchev–Trinajstić information content (AvgIpc) is 3.16. The van der Waals surface area contributed by atoms with Crippen LogP contribution in [0.5, 0.6) is 0 Å². The molecule has 1 saturated heterocycles. The second-order valence-electron chi connectivity index (χ2n) is 5.24. The van der Waals surface area contributed by atoms with Gasteiger partial charge in [0.25, 0.3) is 11.1 Å². The molecule has 0 aliphatic carbocycles. The molecule has 0 atom stereocenters. The fourth-order valence-corrected chi connectivity index (χ4v) is 3.29. The summed E-state index contributed by atoms with van der Waals surface area (Å²) in [4.78, 5) is 36.8. The number of benzene rings is 1. The van der Waals surface area contributed by atoms with E-state index in [1.807, 2.05) is 0 Å². The lowest BCUT2D eigenvalue weighted by molar-refractivity contribution is -0.122. The lowest BCUT2D eigenvalue weighted by Crippen LogP contribution is -2.27. The molecule has 25 heavy (non-hydrogen) atoms. The molecular weight excluding hydrogens is 340 g/mol. The van der Waals surface area contributed by atoms with Gasteiger partial charge in [-0.15, -0.1) is 6.58 Å². The van der Waals surface area contributed by atoms with Gasteiger partial charge in [-0.2, -0.15) is 0 Å². The van der Waals surface area contributed by atoms with Crippen LogP contribution in [0.25, 0.3) is 11.8 Å². The first-order valence-corrected chi connectivity index (χ1v) is 8.20. The van der Waals surface area contributed by atoms with E-state index in [1.165, 1.54) is 12.1 Å². The standard InChI is InChI=1S/C18H14N2O4S/c1-2-8-20-16(21)15(25-18(20)24)11-14-7-4-9-19(14)13-6-3-5-12(10-13)17(22)23/h2-7,9-11H,1,8H2,(H,22,23)/b15-11+. The highest BCUT2D eigenvalue weighted by Gasteiger charge is 2.34. The van der Waals surface area contributed by atoms with Crippen LogP contribution in [0.15, 0.2) is 60.2 Å². The number of amides is 2. The van der Waals surface area contributed by atoms with Crippen LogP contribution in [0.4, 0.5) is 4.79 Å². The second-order valence-corrected chi connectivity index (χ2v) is 6.23. The van der Waals surface area contributed by atoms with Crippen LogP contribution in [0, 0.1) is 0 Å². The van der Waals surface area contributed by atoms with Crippen LogP contribution in [0.3, 0.4) is 0 Å². The smallest absolute Gasteiger partial charge is 0.335 e. The number of carbonyl (C=O) groups is 3. The van der Waals surface area contributed by atoms with Gasteiger partial charge < -0.3 is 9.67 Å². The SMILES string of the molecule is C=CCN1C(=O)S/C(=C/c2cccn2-c2cccc(C(=O)O)c2)C1=O. The summed E-state index contributed by atoms with van der Waals surface area (Å²) in [5.41, 5.74) is 1.50. The lowest BCUT2D eigenvalue weighted by atomic mass is 10.2. The normalized spacial score (nSPS) is 15.8. The molecule has 1 fully saturated rings. The molecule has 2 heterocycles. The molecule has 1 aromatic carbocycles. The third kappa shape index (κ3) is 3.27.